The van der Waals surface area contributed by atoms with E-state index in [1.807, 2.05) is 0 Å². The van der Waals surface area contributed by atoms with Gasteiger partial charge >= 0.3 is 0 Å². The van der Waals surface area contributed by atoms with Crippen molar-refractivity contribution in [3.8, 4) is 0 Å². The minimum atomic E-state index is -0.407. The minimum absolute atomic E-state index is 0.0136. The van der Waals surface area contributed by atoms with E-state index in [0.29, 0.717) is 16.9 Å². The third-order valence-corrected chi connectivity index (χ3v) is 3.22. The van der Waals surface area contributed by atoms with E-state index in [9.17, 15) is 14.0 Å². The van der Waals surface area contributed by atoms with Crippen molar-refractivity contribution in [3.05, 3.63) is 59.4 Å². The maximum Gasteiger partial charge on any atom is 0.243 e. The molecule has 4 nitrogen and oxygen atoms in total. The van der Waals surface area contributed by atoms with Crippen molar-refractivity contribution in [2.45, 2.75) is 13.8 Å². The van der Waals surface area contributed by atoms with E-state index in [2.05, 4.69) is 10.6 Å². The number of Topliss-reactive ketones (excluding diaryl/α,β-unsaturated/α-hetero) is 1. The molecule has 0 atom stereocenters. The first-order chi connectivity index (χ1) is 10.5. The fraction of sp³-hybridized carbons (Fsp3) is 0.176. The average Bonchev–Trinajstić information content (AvgIpc) is 2.49. The van der Waals surface area contributed by atoms with Gasteiger partial charge in [0.15, 0.2) is 5.78 Å². The molecule has 0 aliphatic heterocycles. The number of amides is 1. The normalized spacial score (nSPS) is 10.1. The molecule has 0 aliphatic rings. The van der Waals surface area contributed by atoms with E-state index in [0.717, 1.165) is 5.56 Å². The Morgan fingerprint density at radius 2 is 1.82 bits per heavy atom. The van der Waals surface area contributed by atoms with Gasteiger partial charge in [-0.15, -0.1) is 0 Å². The lowest BCUT2D eigenvalue weighted by Gasteiger charge is -2.11. The van der Waals surface area contributed by atoms with Gasteiger partial charge in [-0.3, -0.25) is 9.59 Å². The van der Waals surface area contributed by atoms with Gasteiger partial charge in [-0.2, -0.15) is 0 Å². The van der Waals surface area contributed by atoms with Crippen LogP contribution in [0.4, 0.5) is 15.8 Å². The standard InChI is InChI=1S/C17H17FN2O2/c1-11-7-8-13(18)9-16(11)20-17(22)10-19-15-6-4-3-5-14(15)12(2)21/h3-9,19H,10H2,1-2H3,(H,20,22). The summed E-state index contributed by atoms with van der Waals surface area (Å²) in [4.78, 5) is 23.5. The predicted octanol–water partition coefficient (Wildman–Crippen LogP) is 3.39. The van der Waals surface area contributed by atoms with Crippen molar-refractivity contribution in [1.29, 1.82) is 0 Å². The molecule has 0 saturated carbocycles. The molecule has 22 heavy (non-hydrogen) atoms. The molecule has 0 aliphatic carbocycles. The highest BCUT2D eigenvalue weighted by Crippen LogP contribution is 2.17. The van der Waals surface area contributed by atoms with Crippen LogP contribution in [0, 0.1) is 12.7 Å². The number of nitrogens with one attached hydrogen (secondary N) is 2. The fourth-order valence-corrected chi connectivity index (χ4v) is 2.04. The molecule has 5 heteroatoms. The number of carbonyl (C=O) groups is 2. The number of aryl methyl sites for hydroxylation is 1. The van der Waals surface area contributed by atoms with Crippen LogP contribution in [-0.2, 0) is 4.79 Å². The molecular formula is C17H17FN2O2. The molecular weight excluding hydrogens is 283 g/mol. The van der Waals surface area contributed by atoms with Gasteiger partial charge in [-0.05, 0) is 43.7 Å². The molecule has 2 aromatic carbocycles. The smallest absolute Gasteiger partial charge is 0.243 e. The third-order valence-electron chi connectivity index (χ3n) is 3.22. The largest absolute Gasteiger partial charge is 0.376 e. The van der Waals surface area contributed by atoms with Gasteiger partial charge in [0, 0.05) is 16.9 Å². The Balaban J connectivity index is 2.02. The Morgan fingerprint density at radius 1 is 1.09 bits per heavy atom. The topological polar surface area (TPSA) is 58.2 Å². The van der Waals surface area contributed by atoms with Crippen molar-refractivity contribution < 1.29 is 14.0 Å². The molecule has 0 radical (unpaired) electrons. The minimum Gasteiger partial charge on any atom is -0.376 e. The second-order valence-electron chi connectivity index (χ2n) is 4.96. The number of carbonyl (C=O) groups excluding carboxylic acids is 2. The monoisotopic (exact) mass is 300 g/mol. The number of halogens is 1. The van der Waals surface area contributed by atoms with Crippen molar-refractivity contribution in [2.24, 2.45) is 0 Å². The van der Waals surface area contributed by atoms with Crippen LogP contribution in [0.1, 0.15) is 22.8 Å². The maximum atomic E-state index is 13.2. The van der Waals surface area contributed by atoms with E-state index in [1.54, 1.807) is 37.3 Å². The van der Waals surface area contributed by atoms with Crippen LogP contribution in [-0.4, -0.2) is 18.2 Å². The van der Waals surface area contributed by atoms with E-state index >= 15 is 0 Å². The Bertz CT molecular complexity index is 714. The molecule has 2 rings (SSSR count). The highest BCUT2D eigenvalue weighted by Gasteiger charge is 2.09. The first-order valence-corrected chi connectivity index (χ1v) is 6.87. The molecule has 0 unspecified atom stereocenters. The molecule has 0 heterocycles. The molecule has 2 aromatic rings. The summed E-state index contributed by atoms with van der Waals surface area (Å²) in [6.45, 7) is 3.24. The first-order valence-electron chi connectivity index (χ1n) is 6.87. The summed E-state index contributed by atoms with van der Waals surface area (Å²) < 4.78 is 13.2. The zero-order chi connectivity index (χ0) is 16.1. The Kier molecular flexibility index (Phi) is 4.88. The van der Waals surface area contributed by atoms with Gasteiger partial charge in [0.2, 0.25) is 5.91 Å². The second kappa shape index (κ2) is 6.85. The maximum absolute atomic E-state index is 13.2. The van der Waals surface area contributed by atoms with Crippen LogP contribution >= 0.6 is 0 Å². The van der Waals surface area contributed by atoms with Crippen molar-refractivity contribution in [1.82, 2.24) is 0 Å². The van der Waals surface area contributed by atoms with Crippen molar-refractivity contribution >= 4 is 23.1 Å². The number of hydrogen-bond donors (Lipinski definition) is 2. The lowest BCUT2D eigenvalue weighted by molar-refractivity contribution is -0.114. The number of ketones is 1. The number of anilines is 2. The van der Waals surface area contributed by atoms with Crippen molar-refractivity contribution in [3.63, 3.8) is 0 Å². The van der Waals surface area contributed by atoms with Gasteiger partial charge in [0.05, 0.1) is 6.54 Å². The Labute approximate surface area is 128 Å². The molecule has 0 aromatic heterocycles. The number of rotatable bonds is 5. The predicted molar refractivity (Wildman–Crippen MR) is 84.7 cm³/mol. The summed E-state index contributed by atoms with van der Waals surface area (Å²) in [5, 5.41) is 5.57. The molecule has 0 saturated heterocycles. The van der Waals surface area contributed by atoms with Crippen molar-refractivity contribution in [2.75, 3.05) is 17.2 Å². The van der Waals surface area contributed by atoms with Gasteiger partial charge in [0.25, 0.3) is 0 Å². The fourth-order valence-electron chi connectivity index (χ4n) is 2.04. The summed E-state index contributed by atoms with van der Waals surface area (Å²) in [5.41, 5.74) is 2.34. The van der Waals surface area contributed by atoms with E-state index in [-0.39, 0.29) is 18.2 Å². The second-order valence-corrected chi connectivity index (χ2v) is 4.96. The highest BCUT2D eigenvalue weighted by molar-refractivity contribution is 6.00. The number of benzene rings is 2. The SMILES string of the molecule is CC(=O)c1ccccc1NCC(=O)Nc1cc(F)ccc1C. The number of para-hydroxylation sites is 1. The third kappa shape index (κ3) is 3.91. The van der Waals surface area contributed by atoms with Gasteiger partial charge < -0.3 is 10.6 Å². The molecule has 1 amide bonds. The zero-order valence-corrected chi connectivity index (χ0v) is 12.4. The van der Waals surface area contributed by atoms with E-state index in [1.165, 1.54) is 19.1 Å². The molecule has 0 fully saturated rings. The Hall–Kier alpha value is -2.69. The van der Waals surface area contributed by atoms with Crippen LogP contribution in [0.5, 0.6) is 0 Å². The summed E-state index contributed by atoms with van der Waals surface area (Å²) in [5.74, 6) is -0.799. The van der Waals surface area contributed by atoms with Crippen LogP contribution in [0.3, 0.4) is 0 Å². The highest BCUT2D eigenvalue weighted by atomic mass is 19.1. The van der Waals surface area contributed by atoms with Crippen LogP contribution in [0.25, 0.3) is 0 Å². The summed E-state index contributed by atoms with van der Waals surface area (Å²) in [6, 6.07) is 11.2. The molecule has 114 valence electrons. The van der Waals surface area contributed by atoms with Gasteiger partial charge in [-0.25, -0.2) is 4.39 Å². The van der Waals surface area contributed by atoms with E-state index in [4.69, 9.17) is 0 Å². The number of hydrogen-bond acceptors (Lipinski definition) is 3. The average molecular weight is 300 g/mol. The summed E-state index contributed by atoms with van der Waals surface area (Å²) >= 11 is 0. The molecule has 0 spiro atoms. The zero-order valence-electron chi connectivity index (χ0n) is 12.4. The quantitative estimate of drug-likeness (QED) is 0.832. The van der Waals surface area contributed by atoms with E-state index < -0.39 is 5.82 Å². The summed E-state index contributed by atoms with van der Waals surface area (Å²) in [7, 11) is 0. The molecule has 0 bridgehead atoms. The van der Waals surface area contributed by atoms with Gasteiger partial charge in [-0.1, -0.05) is 18.2 Å². The molecule has 2 N–H and O–H groups in total. The Morgan fingerprint density at radius 3 is 2.55 bits per heavy atom. The van der Waals surface area contributed by atoms with Crippen LogP contribution < -0.4 is 10.6 Å². The van der Waals surface area contributed by atoms with Crippen LogP contribution in [0.15, 0.2) is 42.5 Å². The summed E-state index contributed by atoms with van der Waals surface area (Å²) in [6.07, 6.45) is 0. The van der Waals surface area contributed by atoms with Gasteiger partial charge in [0.1, 0.15) is 5.82 Å². The lowest BCUT2D eigenvalue weighted by Crippen LogP contribution is -2.23. The van der Waals surface area contributed by atoms with Crippen LogP contribution in [0.2, 0.25) is 0 Å². The lowest BCUT2D eigenvalue weighted by atomic mass is 10.1. The first kappa shape index (κ1) is 15.7.